The van der Waals surface area contributed by atoms with Gasteiger partial charge in [0.05, 0.1) is 26.2 Å². The molecule has 0 aliphatic carbocycles. The summed E-state index contributed by atoms with van der Waals surface area (Å²) in [5.74, 6) is 1.27. The van der Waals surface area contributed by atoms with Crippen LogP contribution < -0.4 is 0 Å². The predicted octanol–water partition coefficient (Wildman–Crippen LogP) is -0.345. The molecular formula is C11H15NO4. The number of carbonyl (C=O) groups is 2. The molecule has 0 spiro atoms. The SMILES string of the molecule is C#C[C@H]1[C@H](C(=O)OC)C[C@@H](C(=O)OC)N1C. The van der Waals surface area contributed by atoms with E-state index in [1.165, 1.54) is 14.2 Å². The van der Waals surface area contributed by atoms with Crippen LogP contribution in [0, 0.1) is 18.3 Å². The van der Waals surface area contributed by atoms with Gasteiger partial charge in [0, 0.05) is 0 Å². The molecule has 0 saturated carbocycles. The normalized spacial score (nSPS) is 29.5. The summed E-state index contributed by atoms with van der Waals surface area (Å²) in [5.41, 5.74) is 0. The summed E-state index contributed by atoms with van der Waals surface area (Å²) in [5, 5.41) is 0. The zero-order valence-corrected chi connectivity index (χ0v) is 9.60. The predicted molar refractivity (Wildman–Crippen MR) is 56.3 cm³/mol. The van der Waals surface area contributed by atoms with Crippen molar-refractivity contribution in [2.75, 3.05) is 21.3 Å². The van der Waals surface area contributed by atoms with Crippen molar-refractivity contribution in [2.45, 2.75) is 18.5 Å². The summed E-state index contributed by atoms with van der Waals surface area (Å²) in [7, 11) is 4.32. The van der Waals surface area contributed by atoms with E-state index in [-0.39, 0.29) is 11.9 Å². The molecule has 0 N–H and O–H groups in total. The Bertz CT molecular complexity index is 333. The van der Waals surface area contributed by atoms with Crippen LogP contribution in [0.5, 0.6) is 0 Å². The van der Waals surface area contributed by atoms with Gasteiger partial charge in [-0.05, 0) is 13.5 Å². The maximum Gasteiger partial charge on any atom is 0.323 e. The largest absolute Gasteiger partial charge is 0.469 e. The Balaban J connectivity index is 2.88. The number of methoxy groups -OCH3 is 2. The second kappa shape index (κ2) is 4.99. The zero-order chi connectivity index (χ0) is 12.3. The van der Waals surface area contributed by atoms with E-state index >= 15 is 0 Å². The number of carbonyl (C=O) groups excluding carboxylic acids is 2. The van der Waals surface area contributed by atoms with Gasteiger partial charge < -0.3 is 9.47 Å². The van der Waals surface area contributed by atoms with E-state index in [2.05, 4.69) is 15.4 Å². The standard InChI is InChI=1S/C11H15NO4/c1-5-8-7(10(13)15-3)6-9(12(8)2)11(14)16-4/h1,7-9H,6H2,2-4H3/t7-,8+,9+/m1/s1. The number of nitrogens with zero attached hydrogens (tertiary/aromatic N) is 1. The Labute approximate surface area is 94.7 Å². The van der Waals surface area contributed by atoms with Crippen LogP contribution in [0.1, 0.15) is 6.42 Å². The van der Waals surface area contributed by atoms with Gasteiger partial charge in [-0.2, -0.15) is 0 Å². The number of hydrogen-bond acceptors (Lipinski definition) is 5. The number of terminal acetylenes is 1. The van der Waals surface area contributed by atoms with Crippen molar-refractivity contribution in [2.24, 2.45) is 5.92 Å². The molecule has 1 aliphatic heterocycles. The van der Waals surface area contributed by atoms with Gasteiger partial charge in [0.2, 0.25) is 0 Å². The first kappa shape index (κ1) is 12.5. The van der Waals surface area contributed by atoms with E-state index in [0.29, 0.717) is 6.42 Å². The second-order valence-corrected chi connectivity index (χ2v) is 3.68. The molecule has 0 bridgehead atoms. The van der Waals surface area contributed by atoms with Crippen molar-refractivity contribution in [3.8, 4) is 12.3 Å². The molecule has 1 aliphatic rings. The Morgan fingerprint density at radius 2 is 1.88 bits per heavy atom. The van der Waals surface area contributed by atoms with Crippen LogP contribution in [0.2, 0.25) is 0 Å². The van der Waals surface area contributed by atoms with Crippen molar-refractivity contribution in [3.63, 3.8) is 0 Å². The number of esters is 2. The van der Waals surface area contributed by atoms with Gasteiger partial charge in [0.1, 0.15) is 6.04 Å². The number of rotatable bonds is 2. The van der Waals surface area contributed by atoms with E-state index in [4.69, 9.17) is 6.42 Å². The first-order valence-corrected chi connectivity index (χ1v) is 4.90. The molecule has 0 radical (unpaired) electrons. The van der Waals surface area contributed by atoms with Crippen molar-refractivity contribution in [1.82, 2.24) is 4.90 Å². The molecule has 5 nitrogen and oxygen atoms in total. The highest BCUT2D eigenvalue weighted by atomic mass is 16.5. The number of likely N-dealkylation sites (N-methyl/N-ethyl adjacent to an activating group) is 1. The molecule has 16 heavy (non-hydrogen) atoms. The first-order chi connectivity index (χ1) is 7.56. The third-order valence-corrected chi connectivity index (χ3v) is 2.94. The minimum atomic E-state index is -0.477. The average Bonchev–Trinajstić information content (AvgIpc) is 2.64. The lowest BCUT2D eigenvalue weighted by molar-refractivity contribution is -0.145. The maximum atomic E-state index is 11.5. The highest BCUT2D eigenvalue weighted by Crippen LogP contribution is 2.29. The van der Waals surface area contributed by atoms with Crippen molar-refractivity contribution in [1.29, 1.82) is 0 Å². The van der Waals surface area contributed by atoms with Crippen molar-refractivity contribution in [3.05, 3.63) is 0 Å². The van der Waals surface area contributed by atoms with Gasteiger partial charge in [-0.15, -0.1) is 6.42 Å². The fraction of sp³-hybridized carbons (Fsp3) is 0.636. The van der Waals surface area contributed by atoms with Crippen LogP contribution >= 0.6 is 0 Å². The van der Waals surface area contributed by atoms with Gasteiger partial charge >= 0.3 is 11.9 Å². The molecule has 1 rings (SSSR count). The summed E-state index contributed by atoms with van der Waals surface area (Å²) in [6.45, 7) is 0. The van der Waals surface area contributed by atoms with Gasteiger partial charge in [-0.3, -0.25) is 14.5 Å². The lowest BCUT2D eigenvalue weighted by Gasteiger charge is -2.21. The molecule has 3 atom stereocenters. The second-order valence-electron chi connectivity index (χ2n) is 3.68. The average molecular weight is 225 g/mol. The molecule has 0 amide bonds. The molecule has 0 aromatic heterocycles. The van der Waals surface area contributed by atoms with Crippen LogP contribution in [0.25, 0.3) is 0 Å². The molecule has 88 valence electrons. The molecule has 5 heteroatoms. The molecule has 1 fully saturated rings. The quantitative estimate of drug-likeness (QED) is 0.475. The Morgan fingerprint density at radius 1 is 1.31 bits per heavy atom. The summed E-state index contributed by atoms with van der Waals surface area (Å²) in [6.07, 6.45) is 5.70. The number of likely N-dealkylation sites (tertiary alicyclic amines) is 1. The lowest BCUT2D eigenvalue weighted by Crippen LogP contribution is -2.38. The van der Waals surface area contributed by atoms with Crippen molar-refractivity contribution < 1.29 is 19.1 Å². The maximum absolute atomic E-state index is 11.5. The Morgan fingerprint density at radius 3 is 2.31 bits per heavy atom. The van der Waals surface area contributed by atoms with Crippen LogP contribution in [0.3, 0.4) is 0 Å². The summed E-state index contributed by atoms with van der Waals surface area (Å²) >= 11 is 0. The van der Waals surface area contributed by atoms with Crippen LogP contribution in [-0.4, -0.2) is 50.2 Å². The third kappa shape index (κ3) is 2.02. The highest BCUT2D eigenvalue weighted by molar-refractivity contribution is 5.80. The van der Waals surface area contributed by atoms with E-state index in [1.54, 1.807) is 11.9 Å². The van der Waals surface area contributed by atoms with E-state index in [9.17, 15) is 9.59 Å². The summed E-state index contributed by atoms with van der Waals surface area (Å²) in [6, 6.07) is -0.897. The molecule has 0 unspecified atom stereocenters. The van der Waals surface area contributed by atoms with Gasteiger partial charge in [-0.1, -0.05) is 5.92 Å². The van der Waals surface area contributed by atoms with E-state index < -0.39 is 18.0 Å². The van der Waals surface area contributed by atoms with Crippen molar-refractivity contribution >= 4 is 11.9 Å². The highest BCUT2D eigenvalue weighted by Gasteiger charge is 2.46. The Kier molecular flexibility index (Phi) is 3.91. The van der Waals surface area contributed by atoms with Gasteiger partial charge in [-0.25, -0.2) is 0 Å². The molecular weight excluding hydrogens is 210 g/mol. The fourth-order valence-corrected chi connectivity index (χ4v) is 2.02. The topological polar surface area (TPSA) is 55.8 Å². The Hall–Kier alpha value is -1.54. The molecule has 0 aromatic rings. The fourth-order valence-electron chi connectivity index (χ4n) is 2.02. The van der Waals surface area contributed by atoms with Crippen LogP contribution in [0.15, 0.2) is 0 Å². The molecule has 1 heterocycles. The minimum Gasteiger partial charge on any atom is -0.469 e. The summed E-state index contributed by atoms with van der Waals surface area (Å²) < 4.78 is 9.32. The van der Waals surface area contributed by atoms with Gasteiger partial charge in [0.15, 0.2) is 0 Å². The monoisotopic (exact) mass is 225 g/mol. The molecule has 0 aromatic carbocycles. The smallest absolute Gasteiger partial charge is 0.323 e. The summed E-state index contributed by atoms with van der Waals surface area (Å²) in [4.78, 5) is 24.6. The van der Waals surface area contributed by atoms with Crippen LogP contribution in [-0.2, 0) is 19.1 Å². The van der Waals surface area contributed by atoms with Crippen LogP contribution in [0.4, 0.5) is 0 Å². The molecule has 1 saturated heterocycles. The number of ether oxygens (including phenoxy) is 2. The number of hydrogen-bond donors (Lipinski definition) is 0. The third-order valence-electron chi connectivity index (χ3n) is 2.94. The first-order valence-electron chi connectivity index (χ1n) is 4.90. The minimum absolute atomic E-state index is 0.338. The van der Waals surface area contributed by atoms with Gasteiger partial charge in [0.25, 0.3) is 0 Å². The van der Waals surface area contributed by atoms with E-state index in [0.717, 1.165) is 0 Å². The van der Waals surface area contributed by atoms with E-state index in [1.807, 2.05) is 0 Å². The lowest BCUT2D eigenvalue weighted by atomic mass is 10.00. The zero-order valence-electron chi connectivity index (χ0n) is 9.60.